The number of carboxylic acids is 1. The van der Waals surface area contributed by atoms with E-state index in [4.69, 9.17) is 9.84 Å². The van der Waals surface area contributed by atoms with Gasteiger partial charge in [-0.15, -0.1) is 0 Å². The zero-order chi connectivity index (χ0) is 16.9. The zero-order valence-electron chi connectivity index (χ0n) is 13.9. The van der Waals surface area contributed by atoms with Crippen LogP contribution in [0.5, 0.6) is 5.75 Å². The third kappa shape index (κ3) is 4.49. The smallest absolute Gasteiger partial charge is 0.306 e. The first-order valence-electron chi connectivity index (χ1n) is 8.84. The molecule has 5 nitrogen and oxygen atoms in total. The molecule has 1 amide bonds. The van der Waals surface area contributed by atoms with Crippen LogP contribution in [0.4, 0.5) is 0 Å². The van der Waals surface area contributed by atoms with Crippen molar-refractivity contribution in [3.8, 4) is 5.75 Å². The van der Waals surface area contributed by atoms with Crippen LogP contribution < -0.4 is 10.1 Å². The fourth-order valence-corrected chi connectivity index (χ4v) is 3.26. The maximum atomic E-state index is 12.4. The minimum absolute atomic E-state index is 0.0436. The van der Waals surface area contributed by atoms with E-state index < -0.39 is 5.97 Å². The van der Waals surface area contributed by atoms with Crippen molar-refractivity contribution in [3.05, 3.63) is 29.8 Å². The van der Waals surface area contributed by atoms with Crippen LogP contribution in [0.15, 0.2) is 24.3 Å². The SMILES string of the molecule is O=C(O)C1CCCC(C(=O)NCc2ccccc2OCC2CC2)C1. The van der Waals surface area contributed by atoms with Crippen molar-refractivity contribution < 1.29 is 19.4 Å². The number of carbonyl (C=O) groups is 2. The minimum atomic E-state index is -0.786. The highest BCUT2D eigenvalue weighted by Gasteiger charge is 2.31. The average molecular weight is 331 g/mol. The van der Waals surface area contributed by atoms with Gasteiger partial charge < -0.3 is 15.2 Å². The van der Waals surface area contributed by atoms with Crippen LogP contribution >= 0.6 is 0 Å². The van der Waals surface area contributed by atoms with Crippen molar-refractivity contribution in [1.82, 2.24) is 5.32 Å². The molecule has 0 aliphatic heterocycles. The van der Waals surface area contributed by atoms with Crippen molar-refractivity contribution in [3.63, 3.8) is 0 Å². The van der Waals surface area contributed by atoms with E-state index in [1.807, 2.05) is 24.3 Å². The van der Waals surface area contributed by atoms with Crippen LogP contribution in [0, 0.1) is 17.8 Å². The molecule has 130 valence electrons. The van der Waals surface area contributed by atoms with Crippen molar-refractivity contribution in [1.29, 1.82) is 0 Å². The summed E-state index contributed by atoms with van der Waals surface area (Å²) < 4.78 is 5.86. The second kappa shape index (κ2) is 7.69. The average Bonchev–Trinajstić information content (AvgIpc) is 3.43. The topological polar surface area (TPSA) is 75.6 Å². The number of carbonyl (C=O) groups excluding carboxylic acids is 1. The van der Waals surface area contributed by atoms with E-state index in [0.717, 1.165) is 30.8 Å². The molecule has 2 saturated carbocycles. The molecule has 0 spiro atoms. The molecular formula is C19H25NO4. The van der Waals surface area contributed by atoms with Gasteiger partial charge in [-0.1, -0.05) is 24.6 Å². The summed E-state index contributed by atoms with van der Waals surface area (Å²) in [6.07, 6.45) is 5.18. The molecule has 1 aromatic rings. The first-order chi connectivity index (χ1) is 11.6. The van der Waals surface area contributed by atoms with Gasteiger partial charge in [-0.25, -0.2) is 0 Å². The van der Waals surface area contributed by atoms with Gasteiger partial charge in [0.15, 0.2) is 0 Å². The van der Waals surface area contributed by atoms with E-state index in [0.29, 0.717) is 25.3 Å². The van der Waals surface area contributed by atoms with Gasteiger partial charge >= 0.3 is 5.97 Å². The van der Waals surface area contributed by atoms with Crippen LogP contribution in [-0.4, -0.2) is 23.6 Å². The van der Waals surface area contributed by atoms with Gasteiger partial charge in [-0.2, -0.15) is 0 Å². The van der Waals surface area contributed by atoms with Crippen molar-refractivity contribution in [2.75, 3.05) is 6.61 Å². The summed E-state index contributed by atoms with van der Waals surface area (Å²) in [6, 6.07) is 7.77. The molecule has 5 heteroatoms. The van der Waals surface area contributed by atoms with Gasteiger partial charge in [-0.05, 0) is 44.1 Å². The predicted octanol–water partition coefficient (Wildman–Crippen LogP) is 2.98. The van der Waals surface area contributed by atoms with Crippen LogP contribution in [-0.2, 0) is 16.1 Å². The molecule has 2 atom stereocenters. The molecule has 0 heterocycles. The van der Waals surface area contributed by atoms with Gasteiger partial charge in [0.25, 0.3) is 0 Å². The lowest BCUT2D eigenvalue weighted by Gasteiger charge is -2.25. The molecule has 0 saturated heterocycles. The van der Waals surface area contributed by atoms with Crippen LogP contribution in [0.1, 0.15) is 44.1 Å². The maximum Gasteiger partial charge on any atom is 0.306 e. The Kier molecular flexibility index (Phi) is 5.38. The summed E-state index contributed by atoms with van der Waals surface area (Å²) in [5.74, 6) is 0.104. The quantitative estimate of drug-likeness (QED) is 0.805. The molecule has 2 fully saturated rings. The van der Waals surface area contributed by atoms with E-state index in [-0.39, 0.29) is 17.7 Å². The van der Waals surface area contributed by atoms with E-state index in [9.17, 15) is 9.59 Å². The molecule has 2 N–H and O–H groups in total. The zero-order valence-corrected chi connectivity index (χ0v) is 13.9. The molecule has 0 aromatic heterocycles. The van der Waals surface area contributed by atoms with E-state index >= 15 is 0 Å². The van der Waals surface area contributed by atoms with Crippen LogP contribution in [0.2, 0.25) is 0 Å². The first-order valence-corrected chi connectivity index (χ1v) is 8.84. The third-order valence-electron chi connectivity index (χ3n) is 4.99. The molecule has 2 aliphatic rings. The number of aliphatic carboxylic acids is 1. The molecule has 2 aliphatic carbocycles. The molecule has 0 bridgehead atoms. The Morgan fingerprint density at radius 2 is 1.88 bits per heavy atom. The van der Waals surface area contributed by atoms with E-state index in [1.54, 1.807) is 0 Å². The second-order valence-corrected chi connectivity index (χ2v) is 6.98. The summed E-state index contributed by atoms with van der Waals surface area (Å²) in [6.45, 7) is 1.17. The number of para-hydroxylation sites is 1. The van der Waals surface area contributed by atoms with Crippen molar-refractivity contribution >= 4 is 11.9 Å². The molecular weight excluding hydrogens is 306 g/mol. The van der Waals surface area contributed by atoms with Gasteiger partial charge in [0.1, 0.15) is 5.75 Å². The highest BCUT2D eigenvalue weighted by Crippen LogP contribution is 2.31. The fourth-order valence-electron chi connectivity index (χ4n) is 3.26. The van der Waals surface area contributed by atoms with Crippen LogP contribution in [0.25, 0.3) is 0 Å². The largest absolute Gasteiger partial charge is 0.493 e. The summed E-state index contributed by atoms with van der Waals surface area (Å²) >= 11 is 0. The Labute approximate surface area is 142 Å². The fraction of sp³-hybridized carbons (Fsp3) is 0.579. The lowest BCUT2D eigenvalue weighted by molar-refractivity contribution is -0.144. The Balaban J connectivity index is 1.53. The van der Waals surface area contributed by atoms with Gasteiger partial charge in [0.05, 0.1) is 12.5 Å². The Hall–Kier alpha value is -2.04. The highest BCUT2D eigenvalue weighted by atomic mass is 16.5. The van der Waals surface area contributed by atoms with Gasteiger partial charge in [-0.3, -0.25) is 9.59 Å². The highest BCUT2D eigenvalue weighted by molar-refractivity contribution is 5.80. The molecule has 1 aromatic carbocycles. The van der Waals surface area contributed by atoms with Crippen molar-refractivity contribution in [2.45, 2.75) is 45.1 Å². The number of hydrogen-bond acceptors (Lipinski definition) is 3. The van der Waals surface area contributed by atoms with Gasteiger partial charge in [0.2, 0.25) is 5.91 Å². The van der Waals surface area contributed by atoms with Crippen molar-refractivity contribution in [2.24, 2.45) is 17.8 Å². The first kappa shape index (κ1) is 16.8. The molecule has 24 heavy (non-hydrogen) atoms. The number of ether oxygens (including phenoxy) is 1. The summed E-state index contributed by atoms with van der Waals surface area (Å²) in [5.41, 5.74) is 0.970. The number of hydrogen-bond donors (Lipinski definition) is 2. The lowest BCUT2D eigenvalue weighted by Crippen LogP contribution is -2.35. The van der Waals surface area contributed by atoms with E-state index in [2.05, 4.69) is 5.32 Å². The number of carboxylic acid groups (broad SMARTS) is 1. The molecule has 0 radical (unpaired) electrons. The number of rotatable bonds is 7. The number of amides is 1. The summed E-state index contributed by atoms with van der Waals surface area (Å²) in [5, 5.41) is 12.1. The third-order valence-corrected chi connectivity index (χ3v) is 4.99. The molecule has 2 unspecified atom stereocenters. The maximum absolute atomic E-state index is 12.4. The predicted molar refractivity (Wildman–Crippen MR) is 89.6 cm³/mol. The number of benzene rings is 1. The lowest BCUT2D eigenvalue weighted by atomic mass is 9.81. The normalized spacial score (nSPS) is 23.5. The minimum Gasteiger partial charge on any atom is -0.493 e. The molecule has 3 rings (SSSR count). The Bertz CT molecular complexity index is 597. The number of nitrogens with one attached hydrogen (secondary N) is 1. The summed E-state index contributed by atoms with van der Waals surface area (Å²) in [4.78, 5) is 23.5. The second-order valence-electron chi connectivity index (χ2n) is 6.98. The summed E-state index contributed by atoms with van der Waals surface area (Å²) in [7, 11) is 0. The monoisotopic (exact) mass is 331 g/mol. The van der Waals surface area contributed by atoms with Crippen LogP contribution in [0.3, 0.4) is 0 Å². The Morgan fingerprint density at radius 1 is 1.12 bits per heavy atom. The van der Waals surface area contributed by atoms with E-state index in [1.165, 1.54) is 12.8 Å². The standard InChI is InChI=1S/C19H25NO4/c21-18(14-5-3-6-15(10-14)19(22)23)20-11-16-4-1-2-7-17(16)24-12-13-8-9-13/h1-2,4,7,13-15H,3,5-6,8-12H2,(H,20,21)(H,22,23). The van der Waals surface area contributed by atoms with Gasteiger partial charge in [0, 0.05) is 18.0 Å². The Morgan fingerprint density at radius 3 is 2.62 bits per heavy atom.